The van der Waals surface area contributed by atoms with Crippen LogP contribution in [0.15, 0.2) is 33.3 Å². The average Bonchev–Trinajstić information content (AvgIpc) is 3.33. The molecule has 3 aromatic rings. The summed E-state index contributed by atoms with van der Waals surface area (Å²) in [6.45, 7) is -0.717. The van der Waals surface area contributed by atoms with E-state index >= 15 is 0 Å². The van der Waals surface area contributed by atoms with Crippen molar-refractivity contribution in [2.45, 2.75) is 39.0 Å². The number of nitrogens with zero attached hydrogens (tertiary/aromatic N) is 3. The van der Waals surface area contributed by atoms with Gasteiger partial charge in [-0.3, -0.25) is 4.79 Å². The minimum absolute atomic E-state index is 0.0574. The van der Waals surface area contributed by atoms with Crippen LogP contribution in [-0.4, -0.2) is 20.9 Å². The molecule has 6 nitrogen and oxygen atoms in total. The summed E-state index contributed by atoms with van der Waals surface area (Å²) in [4.78, 5) is 20.3. The highest BCUT2D eigenvalue weighted by molar-refractivity contribution is 5.93. The first-order chi connectivity index (χ1) is 12.8. The molecule has 0 spiro atoms. The van der Waals surface area contributed by atoms with Gasteiger partial charge < -0.3 is 8.94 Å². The SMILES string of the molecule is [2H]C([2H])([2H])c1nc(-c2ccc3c(c2)CC[C@H]3CC(=O)c2cnc(C)o2)no1. The van der Waals surface area contributed by atoms with Crippen molar-refractivity contribution < 1.29 is 17.8 Å². The molecule has 0 unspecified atom stereocenters. The van der Waals surface area contributed by atoms with Gasteiger partial charge in [0.15, 0.2) is 17.4 Å². The number of aryl methyl sites for hydroxylation is 3. The molecule has 0 radical (unpaired) electrons. The summed E-state index contributed by atoms with van der Waals surface area (Å²) in [6, 6.07) is 5.72. The molecular weight excluding hydrogens is 306 g/mol. The maximum absolute atomic E-state index is 12.4. The maximum Gasteiger partial charge on any atom is 0.223 e. The summed E-state index contributed by atoms with van der Waals surface area (Å²) >= 11 is 0. The highest BCUT2D eigenvalue weighted by Crippen LogP contribution is 2.38. The Morgan fingerprint density at radius 3 is 3.08 bits per heavy atom. The molecule has 1 aliphatic carbocycles. The van der Waals surface area contributed by atoms with Gasteiger partial charge in [0.2, 0.25) is 11.7 Å². The maximum atomic E-state index is 12.4. The van der Waals surface area contributed by atoms with E-state index in [9.17, 15) is 4.79 Å². The van der Waals surface area contributed by atoms with Crippen molar-refractivity contribution in [2.75, 3.05) is 0 Å². The molecule has 24 heavy (non-hydrogen) atoms. The first-order valence-electron chi connectivity index (χ1n) is 9.24. The second-order valence-corrected chi connectivity index (χ2v) is 5.94. The number of aromatic nitrogens is 3. The molecule has 0 bridgehead atoms. The normalized spacial score (nSPS) is 18.7. The average molecular weight is 326 g/mol. The van der Waals surface area contributed by atoms with Crippen LogP contribution in [0.2, 0.25) is 0 Å². The number of fused-ring (bicyclic) bond motifs is 1. The first-order valence-corrected chi connectivity index (χ1v) is 7.74. The standard InChI is InChI=1S/C18H17N3O3/c1-10-19-9-17(23-10)16(22)8-13-4-3-12-7-14(5-6-15(12)13)18-20-11(2)24-21-18/h5-7,9,13H,3-4,8H2,1-2H3/t13-/m0/s1/i2D3. The van der Waals surface area contributed by atoms with Crippen LogP contribution in [-0.2, 0) is 6.42 Å². The zero-order valence-corrected chi connectivity index (χ0v) is 13.1. The van der Waals surface area contributed by atoms with Crippen molar-refractivity contribution in [3.63, 3.8) is 0 Å². The van der Waals surface area contributed by atoms with E-state index < -0.39 is 6.85 Å². The van der Waals surface area contributed by atoms with Crippen LogP contribution in [0.4, 0.5) is 0 Å². The van der Waals surface area contributed by atoms with Crippen LogP contribution < -0.4 is 0 Å². The van der Waals surface area contributed by atoms with Crippen molar-refractivity contribution in [1.82, 2.24) is 15.1 Å². The summed E-state index contributed by atoms with van der Waals surface area (Å²) in [7, 11) is 0. The van der Waals surface area contributed by atoms with Gasteiger partial charge in [-0.1, -0.05) is 17.3 Å². The lowest BCUT2D eigenvalue weighted by molar-refractivity contribution is 0.0945. The van der Waals surface area contributed by atoms with Crippen LogP contribution in [0, 0.1) is 13.8 Å². The molecule has 6 heteroatoms. The zero-order valence-electron chi connectivity index (χ0n) is 16.1. The van der Waals surface area contributed by atoms with Gasteiger partial charge in [0.05, 0.1) is 6.20 Å². The summed E-state index contributed by atoms with van der Waals surface area (Å²) in [5.74, 6) is 0.713. The van der Waals surface area contributed by atoms with E-state index in [4.69, 9.17) is 13.1 Å². The number of ketones is 1. The van der Waals surface area contributed by atoms with E-state index in [0.29, 0.717) is 23.6 Å². The Kier molecular flexibility index (Phi) is 2.79. The fourth-order valence-corrected chi connectivity index (χ4v) is 3.21. The number of carbonyl (C=O) groups excluding carboxylic acids is 1. The Bertz CT molecular complexity index is 1010. The van der Waals surface area contributed by atoms with Crippen molar-refractivity contribution in [3.8, 4) is 11.4 Å². The predicted octanol–water partition coefficient (Wildman–Crippen LogP) is 3.64. The lowest BCUT2D eigenvalue weighted by atomic mass is 9.94. The summed E-state index contributed by atoms with van der Waals surface area (Å²) in [5, 5.41) is 3.77. The Labute approximate surface area is 143 Å². The largest absolute Gasteiger partial charge is 0.438 e. The van der Waals surface area contributed by atoms with Gasteiger partial charge in [-0.05, 0) is 36.0 Å². The number of hydrogen-bond acceptors (Lipinski definition) is 6. The van der Waals surface area contributed by atoms with Crippen LogP contribution >= 0.6 is 0 Å². The third kappa shape index (κ3) is 2.64. The van der Waals surface area contributed by atoms with Crippen molar-refractivity contribution in [3.05, 3.63) is 53.1 Å². The molecule has 2 aromatic heterocycles. The molecule has 0 amide bonds. The Morgan fingerprint density at radius 2 is 2.33 bits per heavy atom. The monoisotopic (exact) mass is 326 g/mol. The fourth-order valence-electron chi connectivity index (χ4n) is 3.21. The van der Waals surface area contributed by atoms with E-state index in [-0.39, 0.29) is 23.4 Å². The van der Waals surface area contributed by atoms with Gasteiger partial charge in [-0.15, -0.1) is 0 Å². The van der Waals surface area contributed by atoms with Gasteiger partial charge in [0.25, 0.3) is 0 Å². The number of benzene rings is 1. The highest BCUT2D eigenvalue weighted by atomic mass is 16.5. The third-order valence-corrected chi connectivity index (χ3v) is 4.36. The quantitative estimate of drug-likeness (QED) is 0.681. The molecule has 1 aliphatic rings. The van der Waals surface area contributed by atoms with Crippen molar-refractivity contribution in [1.29, 1.82) is 0 Å². The number of oxazole rings is 1. The van der Waals surface area contributed by atoms with Crippen molar-refractivity contribution >= 4 is 5.78 Å². The van der Waals surface area contributed by atoms with E-state index in [1.54, 1.807) is 6.92 Å². The Balaban J connectivity index is 1.54. The molecule has 0 aliphatic heterocycles. The molecule has 0 saturated carbocycles. The summed E-state index contributed by atoms with van der Waals surface area (Å²) in [6.07, 6.45) is 3.53. The van der Waals surface area contributed by atoms with Crippen LogP contribution in [0.25, 0.3) is 11.4 Å². The minimum atomic E-state index is -2.42. The lowest BCUT2D eigenvalue weighted by Gasteiger charge is -2.10. The predicted molar refractivity (Wildman–Crippen MR) is 85.7 cm³/mol. The highest BCUT2D eigenvalue weighted by Gasteiger charge is 2.27. The van der Waals surface area contributed by atoms with Gasteiger partial charge in [-0.25, -0.2) is 4.98 Å². The molecule has 0 N–H and O–H groups in total. The number of hydrogen-bond donors (Lipinski definition) is 0. The molecule has 0 fully saturated rings. The van der Waals surface area contributed by atoms with E-state index in [2.05, 4.69) is 15.1 Å². The topological polar surface area (TPSA) is 82.0 Å². The Hall–Kier alpha value is -2.76. The second kappa shape index (κ2) is 5.70. The Morgan fingerprint density at radius 1 is 1.42 bits per heavy atom. The molecule has 0 saturated heterocycles. The lowest BCUT2D eigenvalue weighted by Crippen LogP contribution is -2.04. The zero-order chi connectivity index (χ0) is 19.2. The summed E-state index contributed by atoms with van der Waals surface area (Å²) < 4.78 is 32.1. The van der Waals surface area contributed by atoms with Crippen LogP contribution in [0.5, 0.6) is 0 Å². The van der Waals surface area contributed by atoms with E-state index in [0.717, 1.165) is 24.0 Å². The molecule has 4 rings (SSSR count). The molecule has 2 heterocycles. The molecule has 122 valence electrons. The molecule has 1 aromatic carbocycles. The van der Waals surface area contributed by atoms with E-state index in [1.807, 2.05) is 18.2 Å². The van der Waals surface area contributed by atoms with Gasteiger partial charge in [-0.2, -0.15) is 4.98 Å². The fraction of sp³-hybridized carbons (Fsp3) is 0.333. The van der Waals surface area contributed by atoms with Crippen LogP contribution in [0.3, 0.4) is 0 Å². The smallest absolute Gasteiger partial charge is 0.223 e. The third-order valence-electron chi connectivity index (χ3n) is 4.36. The molecule has 1 atom stereocenters. The number of Topliss-reactive ketones (excluding diaryl/α,β-unsaturated/α-hetero) is 1. The summed E-state index contributed by atoms with van der Waals surface area (Å²) in [5.41, 5.74) is 2.92. The number of rotatable bonds is 4. The van der Waals surface area contributed by atoms with Crippen LogP contribution in [0.1, 0.15) is 56.3 Å². The van der Waals surface area contributed by atoms with Crippen molar-refractivity contribution in [2.24, 2.45) is 0 Å². The van der Waals surface area contributed by atoms with Gasteiger partial charge in [0, 0.05) is 29.9 Å². The van der Waals surface area contributed by atoms with Gasteiger partial charge >= 0.3 is 0 Å². The minimum Gasteiger partial charge on any atom is -0.438 e. The molecular formula is C18H17N3O3. The second-order valence-electron chi connectivity index (χ2n) is 5.94. The number of carbonyl (C=O) groups is 1. The first kappa shape index (κ1) is 11.7. The van der Waals surface area contributed by atoms with Gasteiger partial charge in [0.1, 0.15) is 0 Å². The van der Waals surface area contributed by atoms with E-state index in [1.165, 1.54) is 6.20 Å².